The number of hydrogen-bond donors (Lipinski definition) is 0. The van der Waals surface area contributed by atoms with Crippen LogP contribution >= 0.6 is 15.9 Å². The van der Waals surface area contributed by atoms with Gasteiger partial charge in [-0.1, -0.05) is 33.3 Å². The van der Waals surface area contributed by atoms with Gasteiger partial charge in [0.2, 0.25) is 0 Å². The number of anilines is 1. The zero-order valence-electron chi connectivity index (χ0n) is 17.6. The molecule has 1 aromatic rings. The predicted molar refractivity (Wildman–Crippen MR) is 121 cm³/mol. The van der Waals surface area contributed by atoms with E-state index in [9.17, 15) is 4.79 Å². The van der Waals surface area contributed by atoms with Crippen LogP contribution in [0, 0.1) is 0 Å². The SMILES string of the molecule is CCCCN1CC2=C3C(=NN(c4ccc(C(C)C)cc4Br)C(=O)N3CC2)C(C)=N1. The third-order valence-corrected chi connectivity index (χ3v) is 6.36. The van der Waals surface area contributed by atoms with E-state index in [0.29, 0.717) is 12.5 Å². The van der Waals surface area contributed by atoms with Gasteiger partial charge < -0.3 is 0 Å². The van der Waals surface area contributed by atoms with Gasteiger partial charge in [0.1, 0.15) is 5.71 Å². The summed E-state index contributed by atoms with van der Waals surface area (Å²) in [4.78, 5) is 15.2. The summed E-state index contributed by atoms with van der Waals surface area (Å²) in [7, 11) is 0. The fourth-order valence-electron chi connectivity index (χ4n) is 4.05. The van der Waals surface area contributed by atoms with Crippen molar-refractivity contribution in [3.63, 3.8) is 0 Å². The summed E-state index contributed by atoms with van der Waals surface area (Å²) >= 11 is 3.66. The highest BCUT2D eigenvalue weighted by Crippen LogP contribution is 2.37. The third kappa shape index (κ3) is 3.61. The Morgan fingerprint density at radius 2 is 2.03 bits per heavy atom. The quantitative estimate of drug-likeness (QED) is 0.600. The molecular weight excluding hydrogens is 430 g/mol. The lowest BCUT2D eigenvalue weighted by atomic mass is 10.0. The van der Waals surface area contributed by atoms with Gasteiger partial charge in [0.05, 0.1) is 23.6 Å². The molecule has 0 radical (unpaired) electrons. The van der Waals surface area contributed by atoms with Gasteiger partial charge in [-0.3, -0.25) is 9.91 Å². The van der Waals surface area contributed by atoms with Crippen molar-refractivity contribution in [2.24, 2.45) is 10.2 Å². The molecule has 0 aromatic heterocycles. The zero-order valence-corrected chi connectivity index (χ0v) is 19.2. The van der Waals surface area contributed by atoms with Crippen LogP contribution in [0.3, 0.4) is 0 Å². The molecule has 0 atom stereocenters. The molecule has 0 spiro atoms. The minimum Gasteiger partial charge on any atom is -0.293 e. The maximum absolute atomic E-state index is 13.3. The Bertz CT molecular complexity index is 933. The average molecular weight is 458 g/mol. The van der Waals surface area contributed by atoms with Crippen LogP contribution in [0.2, 0.25) is 0 Å². The van der Waals surface area contributed by atoms with E-state index < -0.39 is 0 Å². The van der Waals surface area contributed by atoms with Crippen LogP contribution in [-0.4, -0.2) is 47.0 Å². The van der Waals surface area contributed by atoms with Crippen LogP contribution in [0.1, 0.15) is 58.4 Å². The average Bonchev–Trinajstić information content (AvgIpc) is 3.05. The monoisotopic (exact) mass is 457 g/mol. The Balaban J connectivity index is 1.76. The molecule has 2 amide bonds. The number of allylic oxidation sites excluding steroid dienone is 1. The molecule has 0 bridgehead atoms. The molecule has 7 heteroatoms. The van der Waals surface area contributed by atoms with Crippen molar-refractivity contribution in [1.82, 2.24) is 9.91 Å². The molecular formula is C22H28BrN5O. The van der Waals surface area contributed by atoms with Crippen molar-refractivity contribution in [3.8, 4) is 0 Å². The lowest BCUT2D eigenvalue weighted by molar-refractivity contribution is 0.221. The minimum atomic E-state index is -0.0912. The molecule has 6 nitrogen and oxygen atoms in total. The largest absolute Gasteiger partial charge is 0.349 e. The van der Waals surface area contributed by atoms with Crippen molar-refractivity contribution in [2.75, 3.05) is 24.6 Å². The topological polar surface area (TPSA) is 51.5 Å². The highest BCUT2D eigenvalue weighted by molar-refractivity contribution is 9.10. The number of carbonyl (C=O) groups excluding carboxylic acids is 1. The summed E-state index contributed by atoms with van der Waals surface area (Å²) in [6.07, 6.45) is 3.12. The van der Waals surface area contributed by atoms with Gasteiger partial charge in [0.25, 0.3) is 0 Å². The van der Waals surface area contributed by atoms with E-state index >= 15 is 0 Å². The summed E-state index contributed by atoms with van der Waals surface area (Å²) < 4.78 is 0.876. The van der Waals surface area contributed by atoms with Crippen LogP contribution < -0.4 is 5.01 Å². The second-order valence-corrected chi connectivity index (χ2v) is 9.04. The summed E-state index contributed by atoms with van der Waals surface area (Å²) in [6, 6.07) is 6.03. The highest BCUT2D eigenvalue weighted by atomic mass is 79.9. The van der Waals surface area contributed by atoms with E-state index in [4.69, 9.17) is 10.2 Å². The number of nitrogens with zero attached hydrogens (tertiary/aromatic N) is 5. The van der Waals surface area contributed by atoms with Gasteiger partial charge in [0, 0.05) is 17.6 Å². The molecule has 3 aliphatic heterocycles. The van der Waals surface area contributed by atoms with E-state index in [1.165, 1.54) is 16.1 Å². The summed E-state index contributed by atoms with van der Waals surface area (Å²) in [5, 5.41) is 13.3. The number of halogens is 1. The molecule has 0 unspecified atom stereocenters. The van der Waals surface area contributed by atoms with E-state index in [2.05, 4.69) is 53.8 Å². The number of urea groups is 1. The molecule has 0 N–H and O–H groups in total. The first-order chi connectivity index (χ1) is 13.9. The van der Waals surface area contributed by atoms with Gasteiger partial charge >= 0.3 is 6.03 Å². The number of amides is 2. The molecule has 1 aromatic carbocycles. The Morgan fingerprint density at radius 3 is 2.72 bits per heavy atom. The normalized spacial score (nSPS) is 19.0. The first kappa shape index (κ1) is 20.1. The van der Waals surface area contributed by atoms with Gasteiger partial charge in [-0.15, -0.1) is 0 Å². The number of hydrazone groups is 2. The Kier molecular flexibility index (Phi) is 5.51. The molecule has 4 rings (SSSR count). The van der Waals surface area contributed by atoms with E-state index in [1.807, 2.05) is 17.9 Å². The number of carbonyl (C=O) groups is 1. The van der Waals surface area contributed by atoms with Crippen molar-refractivity contribution >= 4 is 39.1 Å². The van der Waals surface area contributed by atoms with Gasteiger partial charge in [0.15, 0.2) is 0 Å². The standard InChI is InChI=1S/C22H28BrN5O/c1-5-6-10-26-13-17-9-11-27-21(17)20(15(4)24-26)25-28(22(27)29)19-8-7-16(14(2)3)12-18(19)23/h7-8,12,14H,5-6,9-11,13H2,1-4H3. The lowest BCUT2D eigenvalue weighted by Crippen LogP contribution is -2.47. The van der Waals surface area contributed by atoms with Crippen LogP contribution in [-0.2, 0) is 0 Å². The molecule has 3 aliphatic rings. The van der Waals surface area contributed by atoms with Crippen LogP contribution in [0.4, 0.5) is 10.5 Å². The second kappa shape index (κ2) is 7.94. The van der Waals surface area contributed by atoms with Crippen LogP contribution in [0.5, 0.6) is 0 Å². The molecule has 0 saturated carbocycles. The molecule has 29 heavy (non-hydrogen) atoms. The summed E-state index contributed by atoms with van der Waals surface area (Å²) in [5.74, 6) is 0.421. The highest BCUT2D eigenvalue weighted by Gasteiger charge is 2.41. The van der Waals surface area contributed by atoms with E-state index in [-0.39, 0.29) is 6.03 Å². The number of benzene rings is 1. The second-order valence-electron chi connectivity index (χ2n) is 8.19. The maximum Gasteiger partial charge on any atom is 0.349 e. The maximum atomic E-state index is 13.3. The fraction of sp³-hybridized carbons (Fsp3) is 0.500. The predicted octanol–water partition coefficient (Wildman–Crippen LogP) is 5.32. The van der Waals surface area contributed by atoms with E-state index in [1.54, 1.807) is 0 Å². The smallest absolute Gasteiger partial charge is 0.293 e. The van der Waals surface area contributed by atoms with Crippen molar-refractivity contribution < 1.29 is 4.79 Å². The molecule has 154 valence electrons. The zero-order chi connectivity index (χ0) is 20.7. The summed E-state index contributed by atoms with van der Waals surface area (Å²) in [6.45, 7) is 10.9. The Hall–Kier alpha value is -2.15. The van der Waals surface area contributed by atoms with Crippen molar-refractivity contribution in [3.05, 3.63) is 39.5 Å². The summed E-state index contributed by atoms with van der Waals surface area (Å²) in [5.41, 5.74) is 5.91. The Labute approximate surface area is 181 Å². The number of hydrogen-bond acceptors (Lipinski definition) is 4. The fourth-order valence-corrected chi connectivity index (χ4v) is 4.62. The first-order valence-electron chi connectivity index (χ1n) is 10.4. The molecule has 0 fully saturated rings. The van der Waals surface area contributed by atoms with Crippen molar-refractivity contribution in [1.29, 1.82) is 0 Å². The lowest BCUT2D eigenvalue weighted by Gasteiger charge is -2.32. The first-order valence-corrected chi connectivity index (χ1v) is 11.2. The van der Waals surface area contributed by atoms with Crippen molar-refractivity contribution in [2.45, 2.75) is 52.9 Å². The molecule has 0 saturated heterocycles. The van der Waals surface area contributed by atoms with Gasteiger partial charge in [-0.25, -0.2) is 4.79 Å². The van der Waals surface area contributed by atoms with Gasteiger partial charge in [-0.2, -0.15) is 15.2 Å². The minimum absolute atomic E-state index is 0.0912. The van der Waals surface area contributed by atoms with E-state index in [0.717, 1.165) is 59.6 Å². The third-order valence-electron chi connectivity index (χ3n) is 5.72. The van der Waals surface area contributed by atoms with Crippen LogP contribution in [0.15, 0.2) is 44.1 Å². The Morgan fingerprint density at radius 1 is 1.24 bits per heavy atom. The molecule has 0 aliphatic carbocycles. The molecule has 3 heterocycles. The number of unbranched alkanes of at least 4 members (excludes halogenated alkanes) is 1. The number of rotatable bonds is 5. The van der Waals surface area contributed by atoms with Gasteiger partial charge in [-0.05, 0) is 64.9 Å². The van der Waals surface area contributed by atoms with Crippen LogP contribution in [0.25, 0.3) is 0 Å².